The van der Waals surface area contributed by atoms with Crippen LogP contribution in [0, 0.1) is 19.3 Å². The molecule has 152 valence electrons. The van der Waals surface area contributed by atoms with Gasteiger partial charge in [-0.2, -0.15) is 4.98 Å². The number of aliphatic imine (C=N–C) groups is 1. The number of fused-ring (bicyclic) bond motifs is 3. The summed E-state index contributed by atoms with van der Waals surface area (Å²) in [6, 6.07) is 11.5. The Bertz CT molecular complexity index is 1360. The van der Waals surface area contributed by atoms with Gasteiger partial charge in [-0.3, -0.25) is 14.5 Å². The Hall–Kier alpha value is -4.05. The number of hydrogen-bond donors (Lipinski definition) is 0. The van der Waals surface area contributed by atoms with Crippen LogP contribution < -0.4 is 0 Å². The molecule has 4 heterocycles. The smallest absolute Gasteiger partial charge is 0.278 e. The monoisotopic (exact) mass is 408 g/mol. The molecule has 7 heteroatoms. The first-order valence-electron chi connectivity index (χ1n) is 10.1. The van der Waals surface area contributed by atoms with Gasteiger partial charge < -0.3 is 4.52 Å². The number of nitrogens with zero attached hydrogens (tertiary/aromatic N) is 6. The molecule has 5 rings (SSSR count). The third kappa shape index (κ3) is 3.04. The average Bonchev–Trinajstić information content (AvgIpc) is 3.38. The van der Waals surface area contributed by atoms with Gasteiger partial charge >= 0.3 is 0 Å². The molecule has 0 N–H and O–H groups in total. The molecule has 4 aromatic rings. The van der Waals surface area contributed by atoms with Gasteiger partial charge in [-0.25, -0.2) is 4.98 Å². The lowest BCUT2D eigenvalue weighted by atomic mass is 10.0. The summed E-state index contributed by atoms with van der Waals surface area (Å²) in [4.78, 5) is 18.9. The van der Waals surface area contributed by atoms with Crippen LogP contribution in [-0.2, 0) is 6.42 Å². The first-order valence-corrected chi connectivity index (χ1v) is 10.1. The highest BCUT2D eigenvalue weighted by atomic mass is 16.5. The number of aryl methyl sites for hydroxylation is 2. The SMILES string of the molecule is C#Cc1ccc2c(c1)C(c1ccccn1)=NC(C)c1c(-c3nc(CC)no3)nc(C)n1-2. The highest BCUT2D eigenvalue weighted by Crippen LogP contribution is 2.37. The predicted octanol–water partition coefficient (Wildman–Crippen LogP) is 4.08. The molecule has 1 unspecified atom stereocenters. The normalized spacial score (nSPS) is 14.9. The zero-order chi connectivity index (χ0) is 21.5. The summed E-state index contributed by atoms with van der Waals surface area (Å²) in [6.07, 6.45) is 8.15. The maximum Gasteiger partial charge on any atom is 0.278 e. The van der Waals surface area contributed by atoms with Crippen molar-refractivity contribution in [3.05, 3.63) is 76.8 Å². The van der Waals surface area contributed by atoms with E-state index in [1.54, 1.807) is 6.20 Å². The van der Waals surface area contributed by atoms with Gasteiger partial charge in [0, 0.05) is 23.7 Å². The molecule has 0 spiro atoms. The Kier molecular flexibility index (Phi) is 4.48. The van der Waals surface area contributed by atoms with Gasteiger partial charge in [-0.15, -0.1) is 6.42 Å². The Morgan fingerprint density at radius 3 is 2.77 bits per heavy atom. The Balaban J connectivity index is 1.81. The van der Waals surface area contributed by atoms with Crippen LogP contribution in [0.5, 0.6) is 0 Å². The summed E-state index contributed by atoms with van der Waals surface area (Å²) in [7, 11) is 0. The molecule has 3 aromatic heterocycles. The molecule has 0 aliphatic carbocycles. The molecule has 1 aliphatic rings. The number of pyridine rings is 1. The van der Waals surface area contributed by atoms with Crippen molar-refractivity contribution < 1.29 is 4.52 Å². The van der Waals surface area contributed by atoms with E-state index in [1.165, 1.54) is 0 Å². The van der Waals surface area contributed by atoms with Gasteiger partial charge in [-0.1, -0.05) is 24.1 Å². The summed E-state index contributed by atoms with van der Waals surface area (Å²) in [6.45, 7) is 5.98. The number of aromatic nitrogens is 5. The van der Waals surface area contributed by atoms with Crippen molar-refractivity contribution in [3.8, 4) is 29.6 Å². The van der Waals surface area contributed by atoms with Gasteiger partial charge in [0.05, 0.1) is 28.8 Å². The zero-order valence-corrected chi connectivity index (χ0v) is 17.5. The Labute approximate surface area is 179 Å². The zero-order valence-electron chi connectivity index (χ0n) is 17.5. The molecule has 31 heavy (non-hydrogen) atoms. The number of rotatable bonds is 3. The van der Waals surface area contributed by atoms with Crippen molar-refractivity contribution >= 4 is 5.71 Å². The van der Waals surface area contributed by atoms with E-state index >= 15 is 0 Å². The third-order valence-corrected chi connectivity index (χ3v) is 5.35. The van der Waals surface area contributed by atoms with Crippen molar-refractivity contribution in [2.24, 2.45) is 4.99 Å². The highest BCUT2D eigenvalue weighted by molar-refractivity contribution is 6.14. The lowest BCUT2D eigenvalue weighted by Crippen LogP contribution is -2.10. The minimum Gasteiger partial charge on any atom is -0.332 e. The molecule has 1 atom stereocenters. The lowest BCUT2D eigenvalue weighted by molar-refractivity contribution is 0.421. The molecular formula is C24H20N6O. The second-order valence-corrected chi connectivity index (χ2v) is 7.34. The topological polar surface area (TPSA) is 82.0 Å². The van der Waals surface area contributed by atoms with E-state index in [2.05, 4.69) is 25.6 Å². The lowest BCUT2D eigenvalue weighted by Gasteiger charge is -2.13. The van der Waals surface area contributed by atoms with Crippen molar-refractivity contribution in [2.75, 3.05) is 0 Å². The first kappa shape index (κ1) is 18.9. The van der Waals surface area contributed by atoms with Crippen LogP contribution in [0.25, 0.3) is 17.3 Å². The van der Waals surface area contributed by atoms with Gasteiger partial charge in [-0.05, 0) is 44.2 Å². The summed E-state index contributed by atoms with van der Waals surface area (Å²) in [5.74, 6) is 4.58. The van der Waals surface area contributed by atoms with Crippen LogP contribution in [0.2, 0.25) is 0 Å². The molecule has 0 saturated carbocycles. The Morgan fingerprint density at radius 1 is 1.19 bits per heavy atom. The molecule has 0 saturated heterocycles. The van der Waals surface area contributed by atoms with E-state index in [0.29, 0.717) is 23.8 Å². The fourth-order valence-electron chi connectivity index (χ4n) is 3.93. The number of benzene rings is 1. The maximum atomic E-state index is 5.70. The van der Waals surface area contributed by atoms with Crippen LogP contribution in [0.1, 0.15) is 54.1 Å². The number of terminal acetylenes is 1. The van der Waals surface area contributed by atoms with Crippen molar-refractivity contribution in [1.82, 2.24) is 24.7 Å². The number of hydrogen-bond acceptors (Lipinski definition) is 6. The van der Waals surface area contributed by atoms with Crippen molar-refractivity contribution in [1.29, 1.82) is 0 Å². The van der Waals surface area contributed by atoms with Gasteiger partial charge in [0.2, 0.25) is 0 Å². The fourth-order valence-corrected chi connectivity index (χ4v) is 3.93. The molecular weight excluding hydrogens is 388 g/mol. The summed E-state index contributed by atoms with van der Waals surface area (Å²) in [5, 5.41) is 4.04. The quantitative estimate of drug-likeness (QED) is 0.477. The van der Waals surface area contributed by atoms with Crippen LogP contribution in [-0.4, -0.2) is 30.4 Å². The minimum atomic E-state index is -0.230. The molecule has 0 radical (unpaired) electrons. The van der Waals surface area contributed by atoms with Crippen molar-refractivity contribution in [2.45, 2.75) is 33.2 Å². The largest absolute Gasteiger partial charge is 0.332 e. The minimum absolute atomic E-state index is 0.230. The fraction of sp³-hybridized carbons (Fsp3) is 0.208. The molecule has 0 bridgehead atoms. The van der Waals surface area contributed by atoms with Gasteiger partial charge in [0.15, 0.2) is 11.5 Å². The third-order valence-electron chi connectivity index (χ3n) is 5.35. The molecule has 1 aromatic carbocycles. The van der Waals surface area contributed by atoms with E-state index in [4.69, 9.17) is 20.9 Å². The summed E-state index contributed by atoms with van der Waals surface area (Å²) in [5.41, 5.74) is 5.74. The van der Waals surface area contributed by atoms with E-state index in [0.717, 1.165) is 39.7 Å². The average molecular weight is 408 g/mol. The predicted molar refractivity (Wildman–Crippen MR) is 117 cm³/mol. The number of imidazole rings is 1. The van der Waals surface area contributed by atoms with Crippen LogP contribution >= 0.6 is 0 Å². The van der Waals surface area contributed by atoms with E-state index in [9.17, 15) is 0 Å². The van der Waals surface area contributed by atoms with Gasteiger partial charge in [0.1, 0.15) is 5.82 Å². The van der Waals surface area contributed by atoms with Crippen molar-refractivity contribution in [3.63, 3.8) is 0 Å². The van der Waals surface area contributed by atoms with E-state index in [1.807, 2.05) is 57.2 Å². The summed E-state index contributed by atoms with van der Waals surface area (Å²) < 4.78 is 7.62. The molecule has 0 amide bonds. The van der Waals surface area contributed by atoms with Gasteiger partial charge in [0.25, 0.3) is 5.89 Å². The second kappa shape index (κ2) is 7.33. The highest BCUT2D eigenvalue weighted by Gasteiger charge is 2.30. The molecule has 1 aliphatic heterocycles. The maximum absolute atomic E-state index is 5.70. The van der Waals surface area contributed by atoms with E-state index in [-0.39, 0.29) is 6.04 Å². The Morgan fingerprint density at radius 2 is 2.06 bits per heavy atom. The standard InChI is InChI=1S/C24H20N6O/c1-5-16-10-11-19-17(13-16)21(18-9-7-8-12-25-18)26-14(3)23-22(27-15(4)30(19)23)24-28-20(6-2)29-31-24/h1,7-14H,6H2,2-4H3. The van der Waals surface area contributed by atoms with Crippen LogP contribution in [0.3, 0.4) is 0 Å². The van der Waals surface area contributed by atoms with Crippen LogP contribution in [0.4, 0.5) is 0 Å². The van der Waals surface area contributed by atoms with E-state index < -0.39 is 0 Å². The first-order chi connectivity index (χ1) is 15.1. The molecule has 7 nitrogen and oxygen atoms in total. The molecule has 0 fully saturated rings. The second-order valence-electron chi connectivity index (χ2n) is 7.34. The summed E-state index contributed by atoms with van der Waals surface area (Å²) >= 11 is 0. The van der Waals surface area contributed by atoms with Crippen LogP contribution in [0.15, 0.2) is 52.1 Å².